The van der Waals surface area contributed by atoms with Crippen molar-refractivity contribution in [3.63, 3.8) is 0 Å². The van der Waals surface area contributed by atoms with Crippen LogP contribution in [0.4, 0.5) is 22.9 Å². The minimum absolute atomic E-state index is 0.0922. The molecule has 0 radical (unpaired) electrons. The molecule has 3 N–H and O–H groups in total. The van der Waals surface area contributed by atoms with Crippen LogP contribution in [-0.2, 0) is 16.1 Å². The zero-order valence-electron chi connectivity index (χ0n) is 20.5. The van der Waals surface area contributed by atoms with Gasteiger partial charge in [-0.3, -0.25) is 19.3 Å². The van der Waals surface area contributed by atoms with Crippen LogP contribution in [0.3, 0.4) is 0 Å². The average Bonchev–Trinajstić information content (AvgIpc) is 2.88. The molecule has 186 valence electrons. The maximum absolute atomic E-state index is 12.7. The Hall–Kier alpha value is -4.40. The molecular formula is C27H30N6O3. The normalized spacial score (nSPS) is 13.3. The quantitative estimate of drug-likeness (QED) is 0.531. The lowest BCUT2D eigenvalue weighted by Gasteiger charge is -2.35. The first-order valence-corrected chi connectivity index (χ1v) is 11.8. The summed E-state index contributed by atoms with van der Waals surface area (Å²) in [5, 5.41) is 3.25. The molecule has 2 heterocycles. The maximum atomic E-state index is 12.7. The van der Waals surface area contributed by atoms with Crippen LogP contribution in [0.1, 0.15) is 29.8 Å². The number of amides is 3. The SMILES string of the molecule is CC(=O)N1CCN(c2ccc(N(C(C)=O)c3cc(NCc4ccccc4)c(C(N)=O)cn3)cc2)CC1. The minimum Gasteiger partial charge on any atom is -0.380 e. The minimum atomic E-state index is -0.604. The summed E-state index contributed by atoms with van der Waals surface area (Å²) in [4.78, 5) is 46.2. The number of benzene rings is 2. The van der Waals surface area contributed by atoms with Gasteiger partial charge in [0.25, 0.3) is 5.91 Å². The van der Waals surface area contributed by atoms with Gasteiger partial charge in [0.1, 0.15) is 5.82 Å². The molecule has 0 aliphatic carbocycles. The first-order valence-electron chi connectivity index (χ1n) is 11.8. The molecule has 0 atom stereocenters. The van der Waals surface area contributed by atoms with Crippen LogP contribution in [-0.4, -0.2) is 53.8 Å². The highest BCUT2D eigenvalue weighted by atomic mass is 16.2. The van der Waals surface area contributed by atoms with Crippen molar-refractivity contribution in [3.8, 4) is 0 Å². The Morgan fingerprint density at radius 2 is 1.64 bits per heavy atom. The van der Waals surface area contributed by atoms with E-state index in [9.17, 15) is 14.4 Å². The van der Waals surface area contributed by atoms with Gasteiger partial charge < -0.3 is 20.9 Å². The maximum Gasteiger partial charge on any atom is 0.252 e. The van der Waals surface area contributed by atoms with Gasteiger partial charge in [0.15, 0.2) is 0 Å². The summed E-state index contributed by atoms with van der Waals surface area (Å²) in [6.07, 6.45) is 1.39. The molecule has 0 saturated carbocycles. The molecule has 4 rings (SSSR count). The van der Waals surface area contributed by atoms with E-state index < -0.39 is 5.91 Å². The van der Waals surface area contributed by atoms with Crippen LogP contribution in [0.2, 0.25) is 0 Å². The number of hydrogen-bond acceptors (Lipinski definition) is 6. The van der Waals surface area contributed by atoms with Gasteiger partial charge in [0, 0.05) is 64.5 Å². The number of nitrogens with two attached hydrogens (primary N) is 1. The molecule has 1 aromatic heterocycles. The van der Waals surface area contributed by atoms with Crippen molar-refractivity contribution in [2.45, 2.75) is 20.4 Å². The first-order chi connectivity index (χ1) is 17.3. The second kappa shape index (κ2) is 10.9. The molecule has 2 aromatic carbocycles. The smallest absolute Gasteiger partial charge is 0.252 e. The van der Waals surface area contributed by atoms with Crippen molar-refractivity contribution in [3.05, 3.63) is 78.0 Å². The zero-order valence-corrected chi connectivity index (χ0v) is 20.5. The summed E-state index contributed by atoms with van der Waals surface area (Å²) < 4.78 is 0. The molecule has 1 aliphatic heterocycles. The molecule has 9 nitrogen and oxygen atoms in total. The van der Waals surface area contributed by atoms with E-state index in [-0.39, 0.29) is 17.4 Å². The summed E-state index contributed by atoms with van der Waals surface area (Å²) in [5.41, 5.74) is 9.03. The number of carbonyl (C=O) groups is 3. The summed E-state index contributed by atoms with van der Waals surface area (Å²) in [5.74, 6) is -0.347. The molecule has 36 heavy (non-hydrogen) atoms. The van der Waals surface area contributed by atoms with Gasteiger partial charge in [-0.05, 0) is 29.8 Å². The molecule has 9 heteroatoms. The molecular weight excluding hydrogens is 456 g/mol. The van der Waals surface area contributed by atoms with Gasteiger partial charge in [0.05, 0.1) is 16.9 Å². The van der Waals surface area contributed by atoms with Crippen molar-refractivity contribution in [1.29, 1.82) is 0 Å². The first kappa shape index (κ1) is 24.7. The van der Waals surface area contributed by atoms with Crippen LogP contribution < -0.4 is 20.9 Å². The fourth-order valence-corrected chi connectivity index (χ4v) is 4.27. The monoisotopic (exact) mass is 486 g/mol. The lowest BCUT2D eigenvalue weighted by molar-refractivity contribution is -0.129. The highest BCUT2D eigenvalue weighted by Crippen LogP contribution is 2.30. The molecule has 3 aromatic rings. The molecule has 1 saturated heterocycles. The fraction of sp³-hybridized carbons (Fsp3) is 0.259. The van der Waals surface area contributed by atoms with Gasteiger partial charge in [0.2, 0.25) is 11.8 Å². The number of pyridine rings is 1. The zero-order chi connectivity index (χ0) is 25.7. The van der Waals surface area contributed by atoms with Gasteiger partial charge in [-0.15, -0.1) is 0 Å². The Labute approximate surface area is 210 Å². The molecule has 1 fully saturated rings. The number of anilines is 4. The lowest BCUT2D eigenvalue weighted by atomic mass is 10.1. The number of carbonyl (C=O) groups excluding carboxylic acids is 3. The van der Waals surface area contributed by atoms with Gasteiger partial charge >= 0.3 is 0 Å². The standard InChI is InChI=1S/C27H30N6O3/c1-19(34)31-12-14-32(15-13-31)22-8-10-23(11-9-22)33(20(2)35)26-16-25(24(18-30-26)27(28)36)29-17-21-6-4-3-5-7-21/h3-11,16,18H,12-15,17H2,1-2H3,(H2,28,36)(H,29,30). The number of nitrogens with zero attached hydrogens (tertiary/aromatic N) is 4. The third-order valence-electron chi connectivity index (χ3n) is 6.22. The van der Waals surface area contributed by atoms with Crippen molar-refractivity contribution in [2.75, 3.05) is 41.3 Å². The van der Waals surface area contributed by atoms with Crippen LogP contribution in [0.15, 0.2) is 66.9 Å². The average molecular weight is 487 g/mol. The van der Waals surface area contributed by atoms with E-state index in [0.717, 1.165) is 24.3 Å². The van der Waals surface area contributed by atoms with E-state index >= 15 is 0 Å². The number of nitrogens with one attached hydrogen (secondary N) is 1. The van der Waals surface area contributed by atoms with E-state index in [1.807, 2.05) is 59.5 Å². The second-order valence-electron chi connectivity index (χ2n) is 8.66. The molecule has 1 aliphatic rings. The van der Waals surface area contributed by atoms with Crippen molar-refractivity contribution in [2.24, 2.45) is 5.73 Å². The summed E-state index contributed by atoms with van der Waals surface area (Å²) in [7, 11) is 0. The van der Waals surface area contributed by atoms with E-state index in [4.69, 9.17) is 5.73 Å². The number of primary amides is 1. The van der Waals surface area contributed by atoms with Crippen molar-refractivity contribution in [1.82, 2.24) is 9.88 Å². The van der Waals surface area contributed by atoms with Crippen molar-refractivity contribution >= 4 is 40.6 Å². The summed E-state index contributed by atoms with van der Waals surface area (Å²) >= 11 is 0. The van der Waals surface area contributed by atoms with E-state index in [0.29, 0.717) is 36.8 Å². The van der Waals surface area contributed by atoms with E-state index in [2.05, 4.69) is 15.2 Å². The highest BCUT2D eigenvalue weighted by molar-refractivity contribution is 6.01. The molecule has 0 spiro atoms. The molecule has 0 unspecified atom stereocenters. The summed E-state index contributed by atoms with van der Waals surface area (Å²) in [6.45, 7) is 6.42. The van der Waals surface area contributed by atoms with Crippen LogP contribution in [0.25, 0.3) is 0 Å². The number of aromatic nitrogens is 1. The van der Waals surface area contributed by atoms with Crippen molar-refractivity contribution < 1.29 is 14.4 Å². The Kier molecular flexibility index (Phi) is 7.48. The predicted octanol–water partition coefficient (Wildman–Crippen LogP) is 3.15. The van der Waals surface area contributed by atoms with Gasteiger partial charge in [-0.25, -0.2) is 4.98 Å². The summed E-state index contributed by atoms with van der Waals surface area (Å²) in [6, 6.07) is 19.1. The number of piperazine rings is 1. The highest BCUT2D eigenvalue weighted by Gasteiger charge is 2.21. The Morgan fingerprint density at radius 3 is 2.22 bits per heavy atom. The third-order valence-corrected chi connectivity index (χ3v) is 6.22. The van der Waals surface area contributed by atoms with Gasteiger partial charge in [-0.1, -0.05) is 30.3 Å². The van der Waals surface area contributed by atoms with Crippen LogP contribution in [0.5, 0.6) is 0 Å². The topological polar surface area (TPSA) is 112 Å². The Morgan fingerprint density at radius 1 is 0.972 bits per heavy atom. The third kappa shape index (κ3) is 5.63. The number of rotatable bonds is 7. The lowest BCUT2D eigenvalue weighted by Crippen LogP contribution is -2.48. The Balaban J connectivity index is 1.56. The fourth-order valence-electron chi connectivity index (χ4n) is 4.27. The largest absolute Gasteiger partial charge is 0.380 e. The molecule has 0 bridgehead atoms. The van der Waals surface area contributed by atoms with Gasteiger partial charge in [-0.2, -0.15) is 0 Å². The Bertz CT molecular complexity index is 1240. The number of hydrogen-bond donors (Lipinski definition) is 2. The second-order valence-corrected chi connectivity index (χ2v) is 8.66. The van der Waals surface area contributed by atoms with E-state index in [1.165, 1.54) is 18.0 Å². The predicted molar refractivity (Wildman–Crippen MR) is 140 cm³/mol. The van der Waals surface area contributed by atoms with E-state index in [1.54, 1.807) is 13.0 Å². The van der Waals surface area contributed by atoms with Crippen LogP contribution in [0, 0.1) is 0 Å². The molecule has 3 amide bonds. The van der Waals surface area contributed by atoms with Crippen LogP contribution >= 0.6 is 0 Å².